The van der Waals surface area contributed by atoms with E-state index < -0.39 is 0 Å². The first-order valence-electron chi connectivity index (χ1n) is 19.0. The van der Waals surface area contributed by atoms with E-state index in [0.29, 0.717) is 11.4 Å². The quantitative estimate of drug-likeness (QED) is 0.185. The minimum Gasteiger partial charge on any atom is -0.507 e. The number of pyridine rings is 1. The van der Waals surface area contributed by atoms with Crippen LogP contribution in [0.1, 0.15) is 0 Å². The van der Waals surface area contributed by atoms with Gasteiger partial charge in [0.1, 0.15) is 22.7 Å². The first-order chi connectivity index (χ1) is 28.2. The van der Waals surface area contributed by atoms with Crippen LogP contribution < -0.4 is 0 Å². The molecule has 11 rings (SSSR count). The molecule has 0 saturated carbocycles. The van der Waals surface area contributed by atoms with Crippen molar-refractivity contribution in [2.75, 3.05) is 0 Å². The van der Waals surface area contributed by atoms with Gasteiger partial charge in [0, 0.05) is 33.7 Å². The van der Waals surface area contributed by atoms with E-state index in [1.54, 1.807) is 6.07 Å². The van der Waals surface area contributed by atoms with Crippen LogP contribution in [0.4, 0.5) is 0 Å². The van der Waals surface area contributed by atoms with Crippen molar-refractivity contribution in [1.29, 1.82) is 0 Å². The lowest BCUT2D eigenvalue weighted by molar-refractivity contribution is 0.477. The van der Waals surface area contributed by atoms with Crippen LogP contribution in [0.25, 0.3) is 105 Å². The third kappa shape index (κ3) is 5.40. The maximum absolute atomic E-state index is 11.3. The molecule has 0 saturated heterocycles. The Morgan fingerprint density at radius 2 is 1.18 bits per heavy atom. The molecular formula is C52H33N3O2. The maximum Gasteiger partial charge on any atom is 0.149 e. The van der Waals surface area contributed by atoms with Crippen molar-refractivity contribution in [3.05, 3.63) is 194 Å². The summed E-state index contributed by atoms with van der Waals surface area (Å²) in [5, 5.41) is 15.5. The number of hydrogen-bond acceptors (Lipinski definition) is 4. The van der Waals surface area contributed by atoms with Gasteiger partial charge in [-0.15, -0.1) is 0 Å². The monoisotopic (exact) mass is 731 g/mol. The molecule has 3 heterocycles. The molecule has 0 fully saturated rings. The molecule has 0 atom stereocenters. The number of nitrogens with zero attached hydrogens (tertiary/aromatic N) is 3. The summed E-state index contributed by atoms with van der Waals surface area (Å²) in [6, 6.07) is 64.3. The zero-order chi connectivity index (χ0) is 37.9. The zero-order valence-electron chi connectivity index (χ0n) is 30.7. The molecule has 268 valence electrons. The van der Waals surface area contributed by atoms with Gasteiger partial charge in [-0.3, -0.25) is 9.55 Å². The molecule has 0 amide bonds. The number of aromatic nitrogens is 3. The van der Waals surface area contributed by atoms with Gasteiger partial charge in [0.05, 0.1) is 33.4 Å². The Kier molecular flexibility index (Phi) is 7.57. The summed E-state index contributed by atoms with van der Waals surface area (Å²) in [6.45, 7) is 0. The average Bonchev–Trinajstić information content (AvgIpc) is 3.86. The van der Waals surface area contributed by atoms with Crippen molar-refractivity contribution < 1.29 is 9.52 Å². The van der Waals surface area contributed by atoms with E-state index in [1.165, 1.54) is 0 Å². The average molecular weight is 732 g/mol. The summed E-state index contributed by atoms with van der Waals surface area (Å²) < 4.78 is 8.78. The van der Waals surface area contributed by atoms with Crippen LogP contribution in [0.2, 0.25) is 0 Å². The number of aromatic hydroxyl groups is 1. The molecule has 0 radical (unpaired) electrons. The van der Waals surface area contributed by atoms with Crippen LogP contribution in [0.3, 0.4) is 0 Å². The Morgan fingerprint density at radius 1 is 0.491 bits per heavy atom. The van der Waals surface area contributed by atoms with Gasteiger partial charge in [-0.25, -0.2) is 4.98 Å². The fourth-order valence-corrected chi connectivity index (χ4v) is 8.34. The second kappa shape index (κ2) is 13.2. The number of fused-ring (bicyclic) bond motifs is 6. The summed E-state index contributed by atoms with van der Waals surface area (Å²) in [7, 11) is 0. The van der Waals surface area contributed by atoms with Gasteiger partial charge in [0.15, 0.2) is 0 Å². The molecule has 0 spiro atoms. The van der Waals surface area contributed by atoms with Crippen LogP contribution in [-0.4, -0.2) is 19.6 Å². The minimum atomic E-state index is 0.167. The Bertz CT molecular complexity index is 3310. The first kappa shape index (κ1) is 32.7. The van der Waals surface area contributed by atoms with E-state index in [4.69, 9.17) is 14.4 Å². The number of rotatable bonds is 6. The summed E-state index contributed by atoms with van der Waals surface area (Å²) in [5.74, 6) is 0.822. The molecule has 0 aliphatic carbocycles. The SMILES string of the molecule is Oc1ccccc1-c1nc2c(-c3cc(-c4ccccc4)cc(-c4nccc5oc6c7ccccc7ccc6c45)c3)cccc2n1-c1ccccc1-c1ccccc1. The van der Waals surface area contributed by atoms with Crippen molar-refractivity contribution in [1.82, 2.24) is 14.5 Å². The Morgan fingerprint density at radius 3 is 2.02 bits per heavy atom. The zero-order valence-corrected chi connectivity index (χ0v) is 30.7. The van der Waals surface area contributed by atoms with Crippen LogP contribution in [0, 0.1) is 0 Å². The fraction of sp³-hybridized carbons (Fsp3) is 0. The van der Waals surface area contributed by atoms with E-state index in [2.05, 4.69) is 150 Å². The van der Waals surface area contributed by atoms with E-state index in [1.807, 2.05) is 42.6 Å². The van der Waals surface area contributed by atoms with Gasteiger partial charge in [-0.05, 0) is 82.2 Å². The van der Waals surface area contributed by atoms with Crippen molar-refractivity contribution in [2.24, 2.45) is 0 Å². The molecule has 11 aromatic rings. The number of furan rings is 1. The Hall–Kier alpha value is -7.76. The lowest BCUT2D eigenvalue weighted by Gasteiger charge is -2.15. The van der Waals surface area contributed by atoms with Gasteiger partial charge in [0.2, 0.25) is 0 Å². The largest absolute Gasteiger partial charge is 0.507 e. The van der Waals surface area contributed by atoms with Crippen LogP contribution in [0.5, 0.6) is 5.75 Å². The van der Waals surface area contributed by atoms with E-state index >= 15 is 0 Å². The van der Waals surface area contributed by atoms with Crippen molar-refractivity contribution >= 4 is 43.7 Å². The lowest BCUT2D eigenvalue weighted by atomic mass is 9.93. The molecule has 3 aromatic heterocycles. The molecule has 57 heavy (non-hydrogen) atoms. The summed E-state index contributed by atoms with van der Waals surface area (Å²) >= 11 is 0. The van der Waals surface area contributed by atoms with Crippen molar-refractivity contribution in [3.8, 4) is 67.5 Å². The number of phenols is 1. The molecule has 0 bridgehead atoms. The minimum absolute atomic E-state index is 0.167. The molecular weight excluding hydrogens is 699 g/mol. The standard InChI is InChI=1S/C52H33N3O2/c56-46-25-12-10-21-42(46)52-54-50-40(22-13-24-45(50)55(52)44-23-11-9-19-39(44)34-16-5-2-6-17-34)37-30-36(33-14-3-1-4-15-33)31-38(32-37)49-48-43-27-26-35-18-7-8-20-41(35)51(43)57-47(48)28-29-53-49/h1-32,56H. The highest BCUT2D eigenvalue weighted by molar-refractivity contribution is 6.18. The van der Waals surface area contributed by atoms with Crippen molar-refractivity contribution in [2.45, 2.75) is 0 Å². The number of para-hydroxylation sites is 3. The van der Waals surface area contributed by atoms with Crippen LogP contribution in [-0.2, 0) is 0 Å². The van der Waals surface area contributed by atoms with Gasteiger partial charge >= 0.3 is 0 Å². The smallest absolute Gasteiger partial charge is 0.149 e. The molecule has 8 aromatic carbocycles. The van der Waals surface area contributed by atoms with Crippen LogP contribution >= 0.6 is 0 Å². The second-order valence-corrected chi connectivity index (χ2v) is 14.3. The highest BCUT2D eigenvalue weighted by Gasteiger charge is 2.23. The molecule has 0 aliphatic rings. The highest BCUT2D eigenvalue weighted by atomic mass is 16.3. The van der Waals surface area contributed by atoms with E-state index in [-0.39, 0.29) is 5.75 Å². The van der Waals surface area contributed by atoms with E-state index in [0.717, 1.165) is 94.1 Å². The Balaban J connectivity index is 1.19. The summed E-state index contributed by atoms with van der Waals surface area (Å²) in [4.78, 5) is 10.5. The number of benzene rings is 8. The van der Waals surface area contributed by atoms with E-state index in [9.17, 15) is 5.11 Å². The molecule has 0 unspecified atom stereocenters. The topological polar surface area (TPSA) is 64.1 Å². The number of imidazole rings is 1. The predicted molar refractivity (Wildman–Crippen MR) is 232 cm³/mol. The molecule has 5 nitrogen and oxygen atoms in total. The third-order valence-electron chi connectivity index (χ3n) is 11.0. The van der Waals surface area contributed by atoms with Gasteiger partial charge in [-0.1, -0.05) is 133 Å². The maximum atomic E-state index is 11.3. The normalized spacial score (nSPS) is 11.6. The molecule has 5 heteroatoms. The van der Waals surface area contributed by atoms with Crippen molar-refractivity contribution in [3.63, 3.8) is 0 Å². The predicted octanol–water partition coefficient (Wildman–Crippen LogP) is 13.5. The first-order valence-corrected chi connectivity index (χ1v) is 19.0. The van der Waals surface area contributed by atoms with Crippen LogP contribution in [0.15, 0.2) is 199 Å². The van der Waals surface area contributed by atoms with Gasteiger partial charge in [0.25, 0.3) is 0 Å². The highest BCUT2D eigenvalue weighted by Crippen LogP contribution is 2.43. The lowest BCUT2D eigenvalue weighted by Crippen LogP contribution is -2.00. The molecule has 0 aliphatic heterocycles. The fourth-order valence-electron chi connectivity index (χ4n) is 8.34. The molecule has 1 N–H and O–H groups in total. The third-order valence-corrected chi connectivity index (χ3v) is 11.0. The summed E-state index contributed by atoms with van der Waals surface area (Å²) in [5.41, 5.74) is 13.1. The van der Waals surface area contributed by atoms with Gasteiger partial charge in [-0.2, -0.15) is 0 Å². The summed E-state index contributed by atoms with van der Waals surface area (Å²) in [6.07, 6.45) is 1.84. The number of phenolic OH excluding ortho intramolecular Hbond substituents is 1. The number of hydrogen-bond donors (Lipinski definition) is 1. The second-order valence-electron chi connectivity index (χ2n) is 14.3. The Labute approximate surface area is 328 Å². The van der Waals surface area contributed by atoms with Gasteiger partial charge < -0.3 is 9.52 Å².